The summed E-state index contributed by atoms with van der Waals surface area (Å²) in [6.45, 7) is 1.89. The van der Waals surface area contributed by atoms with Crippen molar-refractivity contribution in [1.29, 1.82) is 0 Å². The van der Waals surface area contributed by atoms with Gasteiger partial charge < -0.3 is 5.32 Å². The van der Waals surface area contributed by atoms with Gasteiger partial charge in [-0.05, 0) is 35.0 Å². The topological polar surface area (TPSA) is 29.1 Å². The maximum atomic E-state index is 11.3. The van der Waals surface area contributed by atoms with Crippen LogP contribution in [-0.2, 0) is 4.79 Å². The van der Waals surface area contributed by atoms with E-state index in [2.05, 4.69) is 21.2 Å². The van der Waals surface area contributed by atoms with Crippen LogP contribution in [0.1, 0.15) is 6.92 Å². The van der Waals surface area contributed by atoms with Crippen molar-refractivity contribution in [2.45, 2.75) is 17.1 Å². The number of hydrogen-bond donors (Lipinski definition) is 1. The van der Waals surface area contributed by atoms with Crippen LogP contribution in [0.3, 0.4) is 0 Å². The van der Waals surface area contributed by atoms with Crippen molar-refractivity contribution >= 4 is 33.6 Å². The molecule has 0 saturated heterocycles. The van der Waals surface area contributed by atoms with E-state index in [4.69, 9.17) is 0 Å². The summed E-state index contributed by atoms with van der Waals surface area (Å²) in [6, 6.07) is 7.88. The van der Waals surface area contributed by atoms with Gasteiger partial charge in [-0.1, -0.05) is 12.1 Å². The Balaban J connectivity index is 2.69. The maximum absolute atomic E-state index is 11.3. The summed E-state index contributed by atoms with van der Waals surface area (Å²) >= 11 is 4.99. The summed E-state index contributed by atoms with van der Waals surface area (Å²) in [4.78, 5) is 12.4. The third-order valence-electron chi connectivity index (χ3n) is 1.76. The van der Waals surface area contributed by atoms with Crippen LogP contribution in [-0.4, -0.2) is 18.2 Å². The summed E-state index contributed by atoms with van der Waals surface area (Å²) in [6.07, 6.45) is 0. The largest absolute Gasteiger partial charge is 0.358 e. The highest BCUT2D eigenvalue weighted by atomic mass is 79.9. The van der Waals surface area contributed by atoms with Crippen LogP contribution < -0.4 is 5.32 Å². The normalized spacial score (nSPS) is 12.2. The van der Waals surface area contributed by atoms with Gasteiger partial charge in [0.2, 0.25) is 5.91 Å². The number of thioether (sulfide) groups is 1. The molecule has 0 aliphatic rings. The molecule has 0 heterocycles. The number of carbonyl (C=O) groups excluding carboxylic acids is 1. The molecule has 0 fully saturated rings. The van der Waals surface area contributed by atoms with E-state index >= 15 is 0 Å². The molecule has 1 N–H and O–H groups in total. The number of rotatable bonds is 3. The van der Waals surface area contributed by atoms with E-state index in [-0.39, 0.29) is 11.2 Å². The minimum Gasteiger partial charge on any atom is -0.358 e. The van der Waals surface area contributed by atoms with Crippen LogP contribution in [0.15, 0.2) is 33.6 Å². The van der Waals surface area contributed by atoms with Crippen LogP contribution in [0.25, 0.3) is 0 Å². The summed E-state index contributed by atoms with van der Waals surface area (Å²) in [5.74, 6) is 0.0470. The SMILES string of the molecule is CNC(=O)C(C)Sc1ccccc1Br. The Bertz CT molecular complexity index is 330. The second kappa shape index (κ2) is 5.41. The van der Waals surface area contributed by atoms with Gasteiger partial charge in [-0.3, -0.25) is 4.79 Å². The van der Waals surface area contributed by atoms with Crippen molar-refractivity contribution < 1.29 is 4.79 Å². The standard InChI is InChI=1S/C10H12BrNOS/c1-7(10(13)12-2)14-9-6-4-3-5-8(9)11/h3-7H,1-2H3,(H,12,13). The van der Waals surface area contributed by atoms with Crippen LogP contribution in [0.5, 0.6) is 0 Å². The average Bonchev–Trinajstić information content (AvgIpc) is 2.20. The molecule has 0 bridgehead atoms. The van der Waals surface area contributed by atoms with Gasteiger partial charge in [0.25, 0.3) is 0 Å². The lowest BCUT2D eigenvalue weighted by Crippen LogP contribution is -2.27. The lowest BCUT2D eigenvalue weighted by atomic mass is 10.4. The fourth-order valence-electron chi connectivity index (χ4n) is 0.988. The number of hydrogen-bond acceptors (Lipinski definition) is 2. The predicted octanol–water partition coefficient (Wildman–Crippen LogP) is 2.68. The molecule has 1 aromatic rings. The average molecular weight is 274 g/mol. The summed E-state index contributed by atoms with van der Waals surface area (Å²) in [5.41, 5.74) is 0. The zero-order valence-corrected chi connectivity index (χ0v) is 10.5. The van der Waals surface area contributed by atoms with Gasteiger partial charge in [0.1, 0.15) is 0 Å². The quantitative estimate of drug-likeness (QED) is 0.859. The Morgan fingerprint density at radius 3 is 2.71 bits per heavy atom. The van der Waals surface area contributed by atoms with Crippen LogP contribution >= 0.6 is 27.7 Å². The molecule has 0 aliphatic carbocycles. The van der Waals surface area contributed by atoms with Gasteiger partial charge >= 0.3 is 0 Å². The van der Waals surface area contributed by atoms with Gasteiger partial charge in [-0.2, -0.15) is 0 Å². The highest BCUT2D eigenvalue weighted by Gasteiger charge is 2.13. The van der Waals surface area contributed by atoms with Crippen molar-refractivity contribution in [2.24, 2.45) is 0 Å². The Morgan fingerprint density at radius 1 is 1.50 bits per heavy atom. The molecule has 1 atom stereocenters. The molecule has 4 heteroatoms. The van der Waals surface area contributed by atoms with E-state index in [0.29, 0.717) is 0 Å². The first-order valence-electron chi connectivity index (χ1n) is 4.28. The highest BCUT2D eigenvalue weighted by molar-refractivity contribution is 9.10. The van der Waals surface area contributed by atoms with Crippen molar-refractivity contribution in [3.05, 3.63) is 28.7 Å². The smallest absolute Gasteiger partial charge is 0.232 e. The number of benzene rings is 1. The van der Waals surface area contributed by atoms with E-state index in [1.54, 1.807) is 18.8 Å². The molecule has 1 rings (SSSR count). The molecule has 0 spiro atoms. The molecule has 0 aliphatic heterocycles. The van der Waals surface area contributed by atoms with Crippen molar-refractivity contribution in [2.75, 3.05) is 7.05 Å². The van der Waals surface area contributed by atoms with Crippen molar-refractivity contribution in [1.82, 2.24) is 5.32 Å². The van der Waals surface area contributed by atoms with Gasteiger partial charge in [0.15, 0.2) is 0 Å². The molecule has 1 aromatic carbocycles. The maximum Gasteiger partial charge on any atom is 0.232 e. The molecular weight excluding hydrogens is 262 g/mol. The van der Waals surface area contributed by atoms with Crippen LogP contribution in [0, 0.1) is 0 Å². The monoisotopic (exact) mass is 273 g/mol. The predicted molar refractivity (Wildman–Crippen MR) is 63.5 cm³/mol. The number of nitrogens with one attached hydrogen (secondary N) is 1. The highest BCUT2D eigenvalue weighted by Crippen LogP contribution is 2.30. The second-order valence-electron chi connectivity index (χ2n) is 2.80. The first-order chi connectivity index (χ1) is 6.65. The molecule has 1 unspecified atom stereocenters. The lowest BCUT2D eigenvalue weighted by Gasteiger charge is -2.10. The first kappa shape index (κ1) is 11.6. The Hall–Kier alpha value is -0.480. The number of carbonyl (C=O) groups is 1. The van der Waals surface area contributed by atoms with Gasteiger partial charge in [0, 0.05) is 16.4 Å². The second-order valence-corrected chi connectivity index (χ2v) is 5.04. The van der Waals surface area contributed by atoms with Crippen molar-refractivity contribution in [3.63, 3.8) is 0 Å². The molecule has 14 heavy (non-hydrogen) atoms. The number of halogens is 1. The van der Waals surface area contributed by atoms with Crippen molar-refractivity contribution in [3.8, 4) is 0 Å². The van der Waals surface area contributed by atoms with Gasteiger partial charge in [-0.25, -0.2) is 0 Å². The molecule has 0 saturated carbocycles. The molecular formula is C10H12BrNOS. The van der Waals surface area contributed by atoms with E-state index in [9.17, 15) is 4.79 Å². The zero-order valence-electron chi connectivity index (χ0n) is 8.08. The molecule has 76 valence electrons. The van der Waals surface area contributed by atoms with Crippen LogP contribution in [0.2, 0.25) is 0 Å². The molecule has 0 aromatic heterocycles. The summed E-state index contributed by atoms with van der Waals surface area (Å²) < 4.78 is 1.03. The van der Waals surface area contributed by atoms with E-state index in [0.717, 1.165) is 9.37 Å². The third-order valence-corrected chi connectivity index (χ3v) is 3.89. The lowest BCUT2D eigenvalue weighted by molar-refractivity contribution is -0.119. The Morgan fingerprint density at radius 2 is 2.14 bits per heavy atom. The van der Waals surface area contributed by atoms with Gasteiger partial charge in [-0.15, -0.1) is 11.8 Å². The fraction of sp³-hybridized carbons (Fsp3) is 0.300. The Kier molecular flexibility index (Phi) is 4.48. The number of amides is 1. The molecule has 0 radical (unpaired) electrons. The Labute approximate surface area is 96.6 Å². The van der Waals surface area contributed by atoms with E-state index in [1.807, 2.05) is 31.2 Å². The minimum absolute atomic E-state index is 0.0470. The fourth-order valence-corrected chi connectivity index (χ4v) is 2.50. The summed E-state index contributed by atoms with van der Waals surface area (Å²) in [7, 11) is 1.65. The van der Waals surface area contributed by atoms with E-state index in [1.165, 1.54) is 0 Å². The van der Waals surface area contributed by atoms with Crippen LogP contribution in [0.4, 0.5) is 0 Å². The minimum atomic E-state index is -0.0706. The molecule has 1 amide bonds. The summed E-state index contributed by atoms with van der Waals surface area (Å²) in [5, 5.41) is 2.56. The molecule has 2 nitrogen and oxygen atoms in total. The van der Waals surface area contributed by atoms with Gasteiger partial charge in [0.05, 0.1) is 5.25 Å². The third kappa shape index (κ3) is 3.03. The zero-order chi connectivity index (χ0) is 10.6. The first-order valence-corrected chi connectivity index (χ1v) is 5.95. The van der Waals surface area contributed by atoms with E-state index < -0.39 is 0 Å².